The molecule has 94 valence electrons. The van der Waals surface area contributed by atoms with E-state index in [0.717, 1.165) is 37.4 Å². The fourth-order valence-corrected chi connectivity index (χ4v) is 2.02. The summed E-state index contributed by atoms with van der Waals surface area (Å²) in [5.74, 6) is 6.81. The molecule has 0 spiro atoms. The smallest absolute Gasteiger partial charge is 0.148 e. The van der Waals surface area contributed by atoms with Gasteiger partial charge in [-0.3, -0.25) is 0 Å². The van der Waals surface area contributed by atoms with Crippen LogP contribution in [0.2, 0.25) is 0 Å². The normalized spacial score (nSPS) is 23.7. The molecule has 0 aromatic carbocycles. The maximum atomic E-state index is 5.71. The molecule has 1 fully saturated rings. The molecule has 2 heterocycles. The van der Waals surface area contributed by atoms with Crippen molar-refractivity contribution in [1.82, 2.24) is 9.97 Å². The number of nitrogen functional groups attached to an aromatic ring is 1. The van der Waals surface area contributed by atoms with Gasteiger partial charge in [0.05, 0.1) is 5.60 Å². The van der Waals surface area contributed by atoms with Crippen LogP contribution in [0.1, 0.15) is 25.3 Å². The summed E-state index contributed by atoms with van der Waals surface area (Å²) < 4.78 is 5.71. The van der Waals surface area contributed by atoms with E-state index in [1.165, 1.54) is 6.33 Å². The van der Waals surface area contributed by atoms with E-state index in [1.807, 2.05) is 6.92 Å². The maximum Gasteiger partial charge on any atom is 0.148 e. The second kappa shape index (κ2) is 4.85. The van der Waals surface area contributed by atoms with Gasteiger partial charge in [-0.2, -0.15) is 0 Å². The van der Waals surface area contributed by atoms with Crippen LogP contribution in [0.3, 0.4) is 0 Å². The van der Waals surface area contributed by atoms with Gasteiger partial charge >= 0.3 is 0 Å². The van der Waals surface area contributed by atoms with Crippen LogP contribution in [0, 0.1) is 6.92 Å². The van der Waals surface area contributed by atoms with E-state index < -0.39 is 0 Å². The Bertz CT molecular complexity index is 389. The summed E-state index contributed by atoms with van der Waals surface area (Å²) in [6, 6.07) is 0. The number of hydrazine groups is 1. The van der Waals surface area contributed by atoms with Crippen LogP contribution in [-0.2, 0) is 4.74 Å². The maximum absolute atomic E-state index is 5.71. The van der Waals surface area contributed by atoms with Crippen molar-refractivity contribution in [1.29, 1.82) is 0 Å². The second-order valence-electron chi connectivity index (χ2n) is 4.60. The molecular formula is C11H19N5O. The monoisotopic (exact) mass is 237 g/mol. The number of nitrogens with zero attached hydrogens (tertiary/aromatic N) is 2. The number of nitrogens with two attached hydrogens (primary N) is 1. The standard InChI is InChI=1S/C11H19N5O/c1-8-9(14-7-15-10(8)16-12)13-6-11(2)4-3-5-17-11/h7H,3-6,12H2,1-2H3,(H2,13,14,15,16). The summed E-state index contributed by atoms with van der Waals surface area (Å²) in [5.41, 5.74) is 3.37. The molecule has 1 aromatic heterocycles. The summed E-state index contributed by atoms with van der Waals surface area (Å²) in [5, 5.41) is 3.30. The Hall–Kier alpha value is -1.40. The van der Waals surface area contributed by atoms with E-state index in [9.17, 15) is 0 Å². The first-order valence-corrected chi connectivity index (χ1v) is 5.81. The molecule has 1 aliphatic rings. The lowest BCUT2D eigenvalue weighted by molar-refractivity contribution is 0.0314. The van der Waals surface area contributed by atoms with Gasteiger partial charge in [0.2, 0.25) is 0 Å². The number of ether oxygens (including phenoxy) is 1. The van der Waals surface area contributed by atoms with Crippen molar-refractivity contribution >= 4 is 11.6 Å². The topological polar surface area (TPSA) is 85.1 Å². The van der Waals surface area contributed by atoms with Crippen molar-refractivity contribution in [2.24, 2.45) is 5.84 Å². The Morgan fingerprint density at radius 3 is 2.88 bits per heavy atom. The molecule has 1 saturated heterocycles. The van der Waals surface area contributed by atoms with Crippen LogP contribution in [0.5, 0.6) is 0 Å². The molecule has 1 unspecified atom stereocenters. The van der Waals surface area contributed by atoms with Gasteiger partial charge in [-0.1, -0.05) is 0 Å². The molecule has 0 bridgehead atoms. The van der Waals surface area contributed by atoms with E-state index in [-0.39, 0.29) is 5.60 Å². The van der Waals surface area contributed by atoms with Crippen LogP contribution in [0.15, 0.2) is 6.33 Å². The molecule has 4 N–H and O–H groups in total. The van der Waals surface area contributed by atoms with Gasteiger partial charge in [-0.25, -0.2) is 15.8 Å². The summed E-state index contributed by atoms with van der Waals surface area (Å²) in [6.07, 6.45) is 3.69. The molecular weight excluding hydrogens is 218 g/mol. The average molecular weight is 237 g/mol. The molecule has 1 aliphatic heterocycles. The zero-order valence-corrected chi connectivity index (χ0v) is 10.3. The molecule has 6 heteroatoms. The molecule has 0 aliphatic carbocycles. The van der Waals surface area contributed by atoms with Gasteiger partial charge in [0.25, 0.3) is 0 Å². The second-order valence-corrected chi connectivity index (χ2v) is 4.60. The van der Waals surface area contributed by atoms with Crippen molar-refractivity contribution in [3.63, 3.8) is 0 Å². The summed E-state index contributed by atoms with van der Waals surface area (Å²) in [6.45, 7) is 5.63. The van der Waals surface area contributed by atoms with Gasteiger partial charge in [-0.05, 0) is 26.7 Å². The number of nitrogens with one attached hydrogen (secondary N) is 2. The van der Waals surface area contributed by atoms with E-state index in [2.05, 4.69) is 27.6 Å². The van der Waals surface area contributed by atoms with Crippen molar-refractivity contribution in [2.45, 2.75) is 32.3 Å². The third kappa shape index (κ3) is 2.65. The van der Waals surface area contributed by atoms with Gasteiger partial charge in [0, 0.05) is 18.7 Å². The third-order valence-corrected chi connectivity index (χ3v) is 3.15. The Morgan fingerprint density at radius 2 is 2.24 bits per heavy atom. The number of aromatic nitrogens is 2. The fraction of sp³-hybridized carbons (Fsp3) is 0.636. The van der Waals surface area contributed by atoms with Crippen LogP contribution in [-0.4, -0.2) is 28.7 Å². The van der Waals surface area contributed by atoms with Crippen LogP contribution >= 0.6 is 0 Å². The highest BCUT2D eigenvalue weighted by atomic mass is 16.5. The molecule has 17 heavy (non-hydrogen) atoms. The first kappa shape index (κ1) is 12.1. The lowest BCUT2D eigenvalue weighted by atomic mass is 10.0. The minimum absolute atomic E-state index is 0.0896. The molecule has 1 aromatic rings. The highest BCUT2D eigenvalue weighted by molar-refractivity contribution is 5.55. The van der Waals surface area contributed by atoms with Gasteiger partial charge in [0.15, 0.2) is 0 Å². The zero-order valence-electron chi connectivity index (χ0n) is 10.3. The van der Waals surface area contributed by atoms with Gasteiger partial charge < -0.3 is 15.5 Å². The summed E-state index contributed by atoms with van der Waals surface area (Å²) >= 11 is 0. The fourth-order valence-electron chi connectivity index (χ4n) is 2.02. The first-order chi connectivity index (χ1) is 8.14. The van der Waals surface area contributed by atoms with E-state index in [1.54, 1.807) is 0 Å². The summed E-state index contributed by atoms with van der Waals surface area (Å²) in [7, 11) is 0. The molecule has 1 atom stereocenters. The van der Waals surface area contributed by atoms with Gasteiger partial charge in [-0.15, -0.1) is 0 Å². The Labute approximate surface area is 101 Å². The highest BCUT2D eigenvalue weighted by Crippen LogP contribution is 2.26. The predicted octanol–water partition coefficient (Wildman–Crippen LogP) is 1.05. The number of rotatable bonds is 4. The van der Waals surface area contributed by atoms with Crippen molar-refractivity contribution in [2.75, 3.05) is 23.9 Å². The Kier molecular flexibility index (Phi) is 3.44. The number of hydrogen-bond donors (Lipinski definition) is 3. The quantitative estimate of drug-likeness (QED) is 0.536. The lowest BCUT2D eigenvalue weighted by Gasteiger charge is -2.24. The Balaban J connectivity index is 2.03. The average Bonchev–Trinajstić information content (AvgIpc) is 2.75. The predicted molar refractivity (Wildman–Crippen MR) is 66.7 cm³/mol. The summed E-state index contributed by atoms with van der Waals surface area (Å²) in [4.78, 5) is 8.24. The van der Waals surface area contributed by atoms with E-state index in [4.69, 9.17) is 10.6 Å². The van der Waals surface area contributed by atoms with Crippen LogP contribution in [0.4, 0.5) is 11.6 Å². The number of anilines is 2. The Morgan fingerprint density at radius 1 is 1.47 bits per heavy atom. The minimum atomic E-state index is -0.0896. The zero-order chi connectivity index (χ0) is 12.3. The molecule has 0 saturated carbocycles. The highest BCUT2D eigenvalue weighted by Gasteiger charge is 2.29. The lowest BCUT2D eigenvalue weighted by Crippen LogP contribution is -2.33. The van der Waals surface area contributed by atoms with E-state index in [0.29, 0.717) is 5.82 Å². The molecule has 2 rings (SSSR count). The van der Waals surface area contributed by atoms with Crippen molar-refractivity contribution in [3.8, 4) is 0 Å². The van der Waals surface area contributed by atoms with Crippen molar-refractivity contribution < 1.29 is 4.74 Å². The molecule has 6 nitrogen and oxygen atoms in total. The van der Waals surface area contributed by atoms with Gasteiger partial charge in [0.1, 0.15) is 18.0 Å². The van der Waals surface area contributed by atoms with Crippen LogP contribution < -0.4 is 16.6 Å². The number of hydrogen-bond acceptors (Lipinski definition) is 6. The largest absolute Gasteiger partial charge is 0.373 e. The molecule has 0 amide bonds. The SMILES string of the molecule is Cc1c(NN)ncnc1NCC1(C)CCCO1. The first-order valence-electron chi connectivity index (χ1n) is 5.81. The van der Waals surface area contributed by atoms with Crippen LogP contribution in [0.25, 0.3) is 0 Å². The van der Waals surface area contributed by atoms with Crippen molar-refractivity contribution in [3.05, 3.63) is 11.9 Å². The minimum Gasteiger partial charge on any atom is -0.373 e. The molecule has 0 radical (unpaired) electrons. The third-order valence-electron chi connectivity index (χ3n) is 3.15. The van der Waals surface area contributed by atoms with E-state index >= 15 is 0 Å².